The number of halogens is 1. The van der Waals surface area contributed by atoms with Crippen LogP contribution in [0.3, 0.4) is 0 Å². The molecule has 20 heavy (non-hydrogen) atoms. The number of phenolic OH excluding ortho intramolecular Hbond substituents is 1. The Kier molecular flexibility index (Phi) is 4.22. The van der Waals surface area contributed by atoms with E-state index >= 15 is 0 Å². The third kappa shape index (κ3) is 3.07. The van der Waals surface area contributed by atoms with Gasteiger partial charge in [-0.25, -0.2) is 4.39 Å². The molecule has 6 heteroatoms. The molecule has 3 N–H and O–H groups in total. The molecule has 0 saturated carbocycles. The van der Waals surface area contributed by atoms with E-state index in [4.69, 9.17) is 5.73 Å². The molecule has 0 unspecified atom stereocenters. The molecule has 1 aromatic rings. The number of benzene rings is 1. The van der Waals surface area contributed by atoms with Gasteiger partial charge in [-0.15, -0.1) is 0 Å². The zero-order valence-electron chi connectivity index (χ0n) is 11.0. The topological polar surface area (TPSA) is 83.6 Å². The van der Waals surface area contributed by atoms with Crippen LogP contribution in [0, 0.1) is 11.7 Å². The maximum atomic E-state index is 13.6. The van der Waals surface area contributed by atoms with Gasteiger partial charge in [0.05, 0.1) is 0 Å². The largest absolute Gasteiger partial charge is 0.507 e. The molecule has 0 bridgehead atoms. The standard InChI is InChI=1S/C14H17FN2O3/c15-10-2-1-3-11(18)13(10)14(20)17-6-4-9(5-7-17)8-12(16)19/h1-3,9,18H,4-8H2,(H2,16,19). The number of hydrogen-bond donors (Lipinski definition) is 2. The number of rotatable bonds is 3. The molecular formula is C14H17FN2O3. The summed E-state index contributed by atoms with van der Waals surface area (Å²) in [6.07, 6.45) is 1.63. The zero-order chi connectivity index (χ0) is 14.7. The highest BCUT2D eigenvalue weighted by Crippen LogP contribution is 2.25. The molecule has 0 radical (unpaired) electrons. The molecule has 0 aromatic heterocycles. The summed E-state index contributed by atoms with van der Waals surface area (Å²) in [6.45, 7) is 0.870. The smallest absolute Gasteiger partial charge is 0.260 e. The van der Waals surface area contributed by atoms with Gasteiger partial charge < -0.3 is 15.7 Å². The van der Waals surface area contributed by atoms with E-state index in [-0.39, 0.29) is 23.1 Å². The van der Waals surface area contributed by atoms with Gasteiger partial charge in [-0.05, 0) is 30.9 Å². The van der Waals surface area contributed by atoms with Gasteiger partial charge in [-0.3, -0.25) is 9.59 Å². The van der Waals surface area contributed by atoms with E-state index < -0.39 is 11.7 Å². The SMILES string of the molecule is NC(=O)CC1CCN(C(=O)c2c(O)cccc2F)CC1. The van der Waals surface area contributed by atoms with Crippen molar-refractivity contribution >= 4 is 11.8 Å². The fraction of sp³-hybridized carbons (Fsp3) is 0.429. The number of hydrogen-bond acceptors (Lipinski definition) is 3. The van der Waals surface area contributed by atoms with Gasteiger partial charge >= 0.3 is 0 Å². The lowest BCUT2D eigenvalue weighted by atomic mass is 9.93. The third-order valence-electron chi connectivity index (χ3n) is 3.60. The molecular weight excluding hydrogens is 263 g/mol. The Morgan fingerprint density at radius 3 is 2.55 bits per heavy atom. The van der Waals surface area contributed by atoms with Gasteiger partial charge in [0.15, 0.2) is 0 Å². The third-order valence-corrected chi connectivity index (χ3v) is 3.60. The fourth-order valence-corrected chi connectivity index (χ4v) is 2.51. The Morgan fingerprint density at radius 1 is 1.35 bits per heavy atom. The van der Waals surface area contributed by atoms with Crippen molar-refractivity contribution < 1.29 is 19.1 Å². The number of carbonyl (C=O) groups is 2. The predicted molar refractivity (Wildman–Crippen MR) is 70.5 cm³/mol. The second kappa shape index (κ2) is 5.90. The Morgan fingerprint density at radius 2 is 2.00 bits per heavy atom. The van der Waals surface area contributed by atoms with Crippen molar-refractivity contribution in [3.63, 3.8) is 0 Å². The lowest BCUT2D eigenvalue weighted by Gasteiger charge is -2.31. The number of piperidine rings is 1. The maximum absolute atomic E-state index is 13.6. The van der Waals surface area contributed by atoms with Gasteiger partial charge in [-0.2, -0.15) is 0 Å². The molecule has 1 aliphatic heterocycles. The Labute approximate surface area is 116 Å². The van der Waals surface area contributed by atoms with Gasteiger partial charge in [0.1, 0.15) is 17.1 Å². The van der Waals surface area contributed by atoms with E-state index in [1.54, 1.807) is 0 Å². The van der Waals surface area contributed by atoms with Crippen LogP contribution in [0.5, 0.6) is 5.75 Å². The molecule has 1 saturated heterocycles. The highest BCUT2D eigenvalue weighted by Gasteiger charge is 2.27. The second-order valence-electron chi connectivity index (χ2n) is 5.04. The molecule has 0 atom stereocenters. The molecule has 0 aliphatic carbocycles. The number of nitrogens with two attached hydrogens (primary N) is 1. The van der Waals surface area contributed by atoms with E-state index in [0.29, 0.717) is 32.4 Å². The molecule has 1 heterocycles. The molecule has 0 spiro atoms. The molecule has 108 valence electrons. The number of carbonyl (C=O) groups excluding carboxylic acids is 2. The Balaban J connectivity index is 2.04. The average molecular weight is 280 g/mol. The van der Waals surface area contributed by atoms with Crippen molar-refractivity contribution in [3.8, 4) is 5.75 Å². The second-order valence-corrected chi connectivity index (χ2v) is 5.04. The van der Waals surface area contributed by atoms with E-state index in [2.05, 4.69) is 0 Å². The lowest BCUT2D eigenvalue weighted by Crippen LogP contribution is -2.39. The minimum atomic E-state index is -0.728. The summed E-state index contributed by atoms with van der Waals surface area (Å²) < 4.78 is 13.6. The lowest BCUT2D eigenvalue weighted by molar-refractivity contribution is -0.119. The molecule has 1 aromatic carbocycles. The van der Waals surface area contributed by atoms with Gasteiger partial charge in [-0.1, -0.05) is 6.07 Å². The molecule has 1 fully saturated rings. The van der Waals surface area contributed by atoms with Crippen LogP contribution in [0.15, 0.2) is 18.2 Å². The van der Waals surface area contributed by atoms with Crippen LogP contribution in [0.25, 0.3) is 0 Å². The van der Waals surface area contributed by atoms with Crippen LogP contribution in [0.2, 0.25) is 0 Å². The number of amides is 2. The highest BCUT2D eigenvalue weighted by molar-refractivity contribution is 5.97. The summed E-state index contributed by atoms with van der Waals surface area (Å²) in [6, 6.07) is 3.78. The predicted octanol–water partition coefficient (Wildman–Crippen LogP) is 1.26. The first kappa shape index (κ1) is 14.3. The van der Waals surface area contributed by atoms with Crippen LogP contribution in [0.4, 0.5) is 4.39 Å². The quantitative estimate of drug-likeness (QED) is 0.874. The molecule has 5 nitrogen and oxygen atoms in total. The van der Waals surface area contributed by atoms with Gasteiger partial charge in [0, 0.05) is 19.5 Å². The number of nitrogens with zero attached hydrogens (tertiary/aromatic N) is 1. The van der Waals surface area contributed by atoms with Crippen molar-refractivity contribution in [2.75, 3.05) is 13.1 Å². The fourth-order valence-electron chi connectivity index (χ4n) is 2.51. The Bertz CT molecular complexity index is 505. The van der Waals surface area contributed by atoms with Crippen molar-refractivity contribution in [1.29, 1.82) is 0 Å². The van der Waals surface area contributed by atoms with Crippen LogP contribution in [0.1, 0.15) is 29.6 Å². The van der Waals surface area contributed by atoms with Crippen LogP contribution in [-0.2, 0) is 4.79 Å². The zero-order valence-corrected chi connectivity index (χ0v) is 11.0. The van der Waals surface area contributed by atoms with E-state index in [0.717, 1.165) is 6.07 Å². The van der Waals surface area contributed by atoms with Crippen LogP contribution < -0.4 is 5.73 Å². The molecule has 2 amide bonds. The number of primary amides is 1. The molecule has 2 rings (SSSR count). The van der Waals surface area contributed by atoms with Crippen molar-refractivity contribution in [2.24, 2.45) is 11.7 Å². The van der Waals surface area contributed by atoms with Crippen LogP contribution >= 0.6 is 0 Å². The first-order chi connectivity index (χ1) is 9.49. The first-order valence-corrected chi connectivity index (χ1v) is 6.54. The van der Waals surface area contributed by atoms with Crippen molar-refractivity contribution in [2.45, 2.75) is 19.3 Å². The van der Waals surface area contributed by atoms with Gasteiger partial charge in [0.25, 0.3) is 5.91 Å². The normalized spacial score (nSPS) is 16.1. The van der Waals surface area contributed by atoms with Crippen LogP contribution in [-0.4, -0.2) is 34.9 Å². The summed E-state index contributed by atoms with van der Waals surface area (Å²) in [5.74, 6) is -1.77. The van der Waals surface area contributed by atoms with E-state index in [1.807, 2.05) is 0 Å². The summed E-state index contributed by atoms with van der Waals surface area (Å²) in [7, 11) is 0. The van der Waals surface area contributed by atoms with E-state index in [9.17, 15) is 19.1 Å². The summed E-state index contributed by atoms with van der Waals surface area (Å²) in [4.78, 5) is 24.6. The van der Waals surface area contributed by atoms with Gasteiger partial charge in [0.2, 0.25) is 5.91 Å². The molecule has 1 aliphatic rings. The number of phenols is 1. The summed E-state index contributed by atoms with van der Waals surface area (Å²) in [5, 5.41) is 9.61. The Hall–Kier alpha value is -2.11. The maximum Gasteiger partial charge on any atom is 0.260 e. The minimum absolute atomic E-state index is 0.172. The minimum Gasteiger partial charge on any atom is -0.507 e. The summed E-state index contributed by atoms with van der Waals surface area (Å²) in [5.41, 5.74) is 4.86. The van der Waals surface area contributed by atoms with Crippen molar-refractivity contribution in [1.82, 2.24) is 4.90 Å². The van der Waals surface area contributed by atoms with Crippen molar-refractivity contribution in [3.05, 3.63) is 29.6 Å². The number of aromatic hydroxyl groups is 1. The number of likely N-dealkylation sites (tertiary alicyclic amines) is 1. The average Bonchev–Trinajstić information content (AvgIpc) is 2.38. The highest BCUT2D eigenvalue weighted by atomic mass is 19.1. The van der Waals surface area contributed by atoms with E-state index in [1.165, 1.54) is 17.0 Å². The summed E-state index contributed by atoms with van der Waals surface area (Å²) >= 11 is 0. The first-order valence-electron chi connectivity index (χ1n) is 6.54. The monoisotopic (exact) mass is 280 g/mol.